The van der Waals surface area contributed by atoms with Crippen molar-refractivity contribution in [3.05, 3.63) is 29.1 Å². The van der Waals surface area contributed by atoms with Gasteiger partial charge in [-0.3, -0.25) is 4.79 Å². The monoisotopic (exact) mass is 372 g/mol. The first-order chi connectivity index (χ1) is 12.8. The molecule has 0 atom stereocenters. The molecular formula is C19H28N6O2. The van der Waals surface area contributed by atoms with Gasteiger partial charge in [0, 0.05) is 44.4 Å². The maximum absolute atomic E-state index is 12.2. The highest BCUT2D eigenvalue weighted by Crippen LogP contribution is 2.24. The number of anilines is 2. The lowest BCUT2D eigenvalue weighted by atomic mass is 9.91. The molecule has 0 saturated heterocycles. The van der Waals surface area contributed by atoms with Gasteiger partial charge in [-0.15, -0.1) is 0 Å². The van der Waals surface area contributed by atoms with Crippen molar-refractivity contribution < 1.29 is 9.21 Å². The van der Waals surface area contributed by atoms with Crippen molar-refractivity contribution in [1.82, 2.24) is 20.3 Å². The lowest BCUT2D eigenvalue weighted by Gasteiger charge is -2.30. The summed E-state index contributed by atoms with van der Waals surface area (Å²) in [6.45, 7) is 5.77. The van der Waals surface area contributed by atoms with Gasteiger partial charge in [-0.1, -0.05) is 0 Å². The van der Waals surface area contributed by atoms with E-state index in [4.69, 9.17) is 4.42 Å². The van der Waals surface area contributed by atoms with Crippen LogP contribution >= 0.6 is 0 Å². The smallest absolute Gasteiger partial charge is 0.273 e. The van der Waals surface area contributed by atoms with E-state index >= 15 is 0 Å². The van der Waals surface area contributed by atoms with Crippen LogP contribution in [0.3, 0.4) is 0 Å². The summed E-state index contributed by atoms with van der Waals surface area (Å²) in [5.41, 5.74) is 2.42. The number of carbonyl (C=O) groups excluding carboxylic acids is 1. The fourth-order valence-corrected chi connectivity index (χ4v) is 3.41. The average Bonchev–Trinajstić information content (AvgIpc) is 3.06. The van der Waals surface area contributed by atoms with Crippen molar-refractivity contribution in [2.24, 2.45) is 0 Å². The Morgan fingerprint density at radius 2 is 1.74 bits per heavy atom. The van der Waals surface area contributed by atoms with Crippen LogP contribution in [0.5, 0.6) is 0 Å². The van der Waals surface area contributed by atoms with Crippen molar-refractivity contribution in [3.63, 3.8) is 0 Å². The van der Waals surface area contributed by atoms with Gasteiger partial charge in [-0.05, 0) is 39.5 Å². The van der Waals surface area contributed by atoms with Crippen LogP contribution in [0.4, 0.5) is 11.8 Å². The van der Waals surface area contributed by atoms with Gasteiger partial charge in [-0.2, -0.15) is 4.98 Å². The van der Waals surface area contributed by atoms with Crippen LogP contribution in [-0.4, -0.2) is 47.0 Å². The third-order valence-corrected chi connectivity index (χ3v) is 5.03. The molecule has 2 aromatic rings. The molecule has 1 aliphatic rings. The first-order valence-electron chi connectivity index (χ1n) is 9.35. The van der Waals surface area contributed by atoms with E-state index in [-0.39, 0.29) is 11.9 Å². The zero-order chi connectivity index (χ0) is 19.6. The van der Waals surface area contributed by atoms with E-state index in [1.807, 2.05) is 32.8 Å². The van der Waals surface area contributed by atoms with Crippen molar-refractivity contribution in [2.45, 2.75) is 58.5 Å². The van der Waals surface area contributed by atoms with Crippen molar-refractivity contribution in [1.29, 1.82) is 0 Å². The number of hydrogen-bond acceptors (Lipinski definition) is 7. The van der Waals surface area contributed by atoms with Crippen LogP contribution in [0.2, 0.25) is 0 Å². The number of aromatic nitrogens is 3. The van der Waals surface area contributed by atoms with Crippen molar-refractivity contribution in [2.75, 3.05) is 24.3 Å². The number of rotatable bonds is 5. The van der Waals surface area contributed by atoms with Gasteiger partial charge in [-0.25, -0.2) is 9.97 Å². The fraction of sp³-hybridized carbons (Fsp3) is 0.579. The quantitative estimate of drug-likeness (QED) is 0.833. The lowest BCUT2D eigenvalue weighted by molar-refractivity contribution is 0.0921. The minimum Gasteiger partial charge on any atom is -0.448 e. The van der Waals surface area contributed by atoms with Crippen molar-refractivity contribution >= 4 is 17.7 Å². The highest BCUT2D eigenvalue weighted by molar-refractivity contribution is 5.92. The van der Waals surface area contributed by atoms with E-state index in [9.17, 15) is 4.79 Å². The Labute approximate surface area is 159 Å². The number of nitrogens with one attached hydrogen (secondary N) is 2. The van der Waals surface area contributed by atoms with E-state index in [0.717, 1.165) is 42.8 Å². The molecule has 0 aliphatic heterocycles. The third kappa shape index (κ3) is 4.56. The molecule has 1 amide bonds. The van der Waals surface area contributed by atoms with Gasteiger partial charge in [0.25, 0.3) is 5.91 Å². The molecule has 2 aromatic heterocycles. The predicted octanol–water partition coefficient (Wildman–Crippen LogP) is 2.61. The summed E-state index contributed by atoms with van der Waals surface area (Å²) in [6.07, 6.45) is 5.13. The second-order valence-electron chi connectivity index (χ2n) is 7.39. The molecule has 146 valence electrons. The maximum atomic E-state index is 12.2. The summed E-state index contributed by atoms with van der Waals surface area (Å²) in [7, 11) is 3.98. The highest BCUT2D eigenvalue weighted by Gasteiger charge is 2.24. The molecule has 0 unspecified atom stereocenters. The molecule has 0 bridgehead atoms. The molecule has 2 heterocycles. The normalized spacial score (nSPS) is 19.6. The lowest BCUT2D eigenvalue weighted by Crippen LogP contribution is -2.40. The molecule has 27 heavy (non-hydrogen) atoms. The number of aryl methyl sites for hydroxylation is 2. The van der Waals surface area contributed by atoms with E-state index in [1.54, 1.807) is 6.92 Å². The van der Waals surface area contributed by atoms with E-state index in [1.165, 1.54) is 6.26 Å². The van der Waals surface area contributed by atoms with Crippen LogP contribution in [0.25, 0.3) is 0 Å². The molecule has 0 spiro atoms. The molecule has 2 N–H and O–H groups in total. The summed E-state index contributed by atoms with van der Waals surface area (Å²) in [4.78, 5) is 27.5. The zero-order valence-corrected chi connectivity index (χ0v) is 16.7. The molecule has 1 saturated carbocycles. The third-order valence-electron chi connectivity index (χ3n) is 5.03. The van der Waals surface area contributed by atoms with Gasteiger partial charge >= 0.3 is 0 Å². The average molecular weight is 372 g/mol. The standard InChI is InChI=1S/C19H28N6O2/c1-11-12(2)20-19(24-17(11)25(4)5)23-15-8-6-14(7-9-15)22-18(26)16-10-27-13(3)21-16/h10,14-15H,6-9H2,1-5H3,(H,22,26)(H,20,23,24)/t14-,15+. The minimum absolute atomic E-state index is 0.158. The van der Waals surface area contributed by atoms with Gasteiger partial charge in [0.15, 0.2) is 11.6 Å². The molecule has 0 radical (unpaired) electrons. The number of carbonyl (C=O) groups is 1. The van der Waals surface area contributed by atoms with Gasteiger partial charge in [0.2, 0.25) is 5.95 Å². The second kappa shape index (κ2) is 7.94. The van der Waals surface area contributed by atoms with Crippen LogP contribution < -0.4 is 15.5 Å². The molecule has 1 fully saturated rings. The van der Waals surface area contributed by atoms with Crippen LogP contribution in [0.15, 0.2) is 10.7 Å². The second-order valence-corrected chi connectivity index (χ2v) is 7.39. The highest BCUT2D eigenvalue weighted by atomic mass is 16.3. The molecule has 8 heteroatoms. The SMILES string of the molecule is Cc1nc(C(=O)N[C@H]2CC[C@@H](Nc3nc(C)c(C)c(N(C)C)n3)CC2)co1. The van der Waals surface area contributed by atoms with Gasteiger partial charge < -0.3 is 20.0 Å². The Morgan fingerprint density at radius 3 is 2.33 bits per heavy atom. The number of hydrogen-bond donors (Lipinski definition) is 2. The molecular weight excluding hydrogens is 344 g/mol. The van der Waals surface area contributed by atoms with Crippen LogP contribution in [-0.2, 0) is 0 Å². The summed E-state index contributed by atoms with van der Waals surface area (Å²) in [5.74, 6) is 1.94. The first kappa shape index (κ1) is 19.1. The van der Waals surface area contributed by atoms with E-state index in [0.29, 0.717) is 23.6 Å². The molecule has 0 aromatic carbocycles. The summed E-state index contributed by atoms with van der Waals surface area (Å²) in [6, 6.07) is 0.468. The molecule has 1 aliphatic carbocycles. The van der Waals surface area contributed by atoms with E-state index in [2.05, 4.69) is 25.6 Å². The Bertz CT molecular complexity index is 809. The first-order valence-corrected chi connectivity index (χ1v) is 9.35. The predicted molar refractivity (Wildman–Crippen MR) is 104 cm³/mol. The van der Waals surface area contributed by atoms with Gasteiger partial charge in [0.1, 0.15) is 12.1 Å². The maximum Gasteiger partial charge on any atom is 0.273 e. The topological polar surface area (TPSA) is 96.2 Å². The summed E-state index contributed by atoms with van der Waals surface area (Å²) < 4.78 is 5.10. The number of nitrogens with zero attached hydrogens (tertiary/aromatic N) is 4. The fourth-order valence-electron chi connectivity index (χ4n) is 3.41. The summed E-state index contributed by atoms with van der Waals surface area (Å²) in [5, 5.41) is 6.51. The molecule has 8 nitrogen and oxygen atoms in total. The number of amides is 1. The van der Waals surface area contributed by atoms with Crippen LogP contribution in [0.1, 0.15) is 53.3 Å². The zero-order valence-electron chi connectivity index (χ0n) is 16.7. The Hall–Kier alpha value is -2.64. The number of oxazole rings is 1. The van der Waals surface area contributed by atoms with Crippen molar-refractivity contribution in [3.8, 4) is 0 Å². The summed E-state index contributed by atoms with van der Waals surface area (Å²) >= 11 is 0. The van der Waals surface area contributed by atoms with Crippen LogP contribution in [0, 0.1) is 20.8 Å². The molecule has 3 rings (SSSR count). The van der Waals surface area contributed by atoms with Gasteiger partial charge in [0.05, 0.1) is 0 Å². The Kier molecular flexibility index (Phi) is 5.62. The minimum atomic E-state index is -0.170. The largest absolute Gasteiger partial charge is 0.448 e. The van der Waals surface area contributed by atoms with E-state index < -0.39 is 0 Å². The Morgan fingerprint density at radius 1 is 1.07 bits per heavy atom. The Balaban J connectivity index is 1.54.